The van der Waals surface area contributed by atoms with Crippen LogP contribution in [0.5, 0.6) is 0 Å². The molecule has 0 bridgehead atoms. The number of oxime groups is 1. The maximum atomic E-state index is 13.2. The Morgan fingerprint density at radius 3 is 2.68 bits per heavy atom. The number of amides is 5. The van der Waals surface area contributed by atoms with E-state index in [1.165, 1.54) is 5.38 Å². The lowest BCUT2D eigenvalue weighted by Gasteiger charge is -2.49. The Morgan fingerprint density at radius 2 is 2.05 bits per heavy atom. The van der Waals surface area contributed by atoms with E-state index in [9.17, 15) is 33.9 Å². The second kappa shape index (κ2) is 13.3. The molecule has 1 fully saturated rings. The fourth-order valence-corrected chi connectivity index (χ4v) is 5.47. The number of β-lactam (4-membered cyclic amide) rings is 1. The molecule has 0 spiro atoms. The van der Waals surface area contributed by atoms with Crippen LogP contribution in [0.4, 0.5) is 14.7 Å². The number of primary amides is 1. The molecule has 0 radical (unpaired) electrons. The van der Waals surface area contributed by atoms with Crippen LogP contribution in [0, 0.1) is 0 Å². The maximum absolute atomic E-state index is 13.2. The molecule has 3 heterocycles. The fraction of sp³-hybridized carbons (Fsp3) is 0.455. The molecule has 1 aromatic rings. The van der Waals surface area contributed by atoms with Gasteiger partial charge in [-0.25, -0.2) is 19.4 Å². The zero-order chi connectivity index (χ0) is 30.3. The zero-order valence-electron chi connectivity index (χ0n) is 22.0. The van der Waals surface area contributed by atoms with Crippen molar-refractivity contribution in [2.24, 2.45) is 10.9 Å². The molecule has 19 heteroatoms. The van der Waals surface area contributed by atoms with E-state index in [1.807, 2.05) is 0 Å². The minimum Gasteiger partial charge on any atom is -0.477 e. The molecule has 0 saturated carbocycles. The molecule has 2 aliphatic rings. The number of carboxylic acid groups (broad SMARTS) is 1. The van der Waals surface area contributed by atoms with Gasteiger partial charge in [-0.15, -0.1) is 23.1 Å². The Morgan fingerprint density at radius 1 is 1.32 bits per heavy atom. The highest BCUT2D eigenvalue weighted by Gasteiger charge is 2.54. The van der Waals surface area contributed by atoms with E-state index < -0.39 is 53.6 Å². The second-order valence-electron chi connectivity index (χ2n) is 9.23. The predicted octanol–water partition coefficient (Wildman–Crippen LogP) is -0.209. The van der Waals surface area contributed by atoms with Crippen LogP contribution in [-0.2, 0) is 33.5 Å². The largest absolute Gasteiger partial charge is 0.477 e. The summed E-state index contributed by atoms with van der Waals surface area (Å²) >= 11 is 2.15. The molecule has 41 heavy (non-hydrogen) atoms. The summed E-state index contributed by atoms with van der Waals surface area (Å²) in [4.78, 5) is 81.8. The average molecular weight is 614 g/mol. The van der Waals surface area contributed by atoms with Crippen LogP contribution < -0.4 is 21.7 Å². The molecule has 0 aromatic carbocycles. The number of ether oxygens (including phenoxy) is 2. The molecular weight excluding hydrogens is 586 g/mol. The quantitative estimate of drug-likeness (QED) is 0.0676. The van der Waals surface area contributed by atoms with E-state index in [0.717, 1.165) is 28.0 Å². The van der Waals surface area contributed by atoms with Gasteiger partial charge in [0.25, 0.3) is 11.8 Å². The summed E-state index contributed by atoms with van der Waals surface area (Å²) in [5.74, 6) is -2.90. The number of carboxylic acids is 1. The van der Waals surface area contributed by atoms with Crippen LogP contribution in [0.3, 0.4) is 0 Å². The van der Waals surface area contributed by atoms with E-state index in [-0.39, 0.29) is 46.7 Å². The molecule has 0 aliphatic carbocycles. The standard InChI is InChI=1S/C22H27N7O10S2/c1-22(2,3)39-21(36)24-4-5-38-28-12(11-8-41-20(26-11)25-9-30)15(31)27-13-16(32)29-14(18(33)34)10(6-37-19(23)35)7-40-17(13)29/h8-9,13,17H,4-7H2,1-3H3,(H2,23,35)(H,24,36)(H,27,31)(H,33,34)(H,25,26,30)/t13?,17-/m0/s1. The third-order valence-corrected chi connectivity index (χ3v) is 7.20. The molecule has 1 saturated heterocycles. The molecule has 5 amide bonds. The van der Waals surface area contributed by atoms with Crippen molar-refractivity contribution in [3.8, 4) is 0 Å². The van der Waals surface area contributed by atoms with E-state index in [2.05, 4.69) is 30.8 Å². The highest BCUT2D eigenvalue weighted by atomic mass is 32.2. The Hall–Kier alpha value is -4.39. The zero-order valence-corrected chi connectivity index (χ0v) is 23.6. The maximum Gasteiger partial charge on any atom is 0.407 e. The second-order valence-corrected chi connectivity index (χ2v) is 11.2. The van der Waals surface area contributed by atoms with Crippen LogP contribution in [0.2, 0.25) is 0 Å². The van der Waals surface area contributed by atoms with Gasteiger partial charge in [0.05, 0.1) is 6.54 Å². The van der Waals surface area contributed by atoms with Crippen LogP contribution in [-0.4, -0.2) is 99.6 Å². The molecule has 2 aliphatic heterocycles. The number of hydrogen-bond donors (Lipinski definition) is 5. The summed E-state index contributed by atoms with van der Waals surface area (Å²) in [6.07, 6.45) is -1.38. The number of aliphatic carboxylic acids is 1. The molecule has 1 unspecified atom stereocenters. The van der Waals surface area contributed by atoms with Gasteiger partial charge in [0.15, 0.2) is 10.8 Å². The van der Waals surface area contributed by atoms with Crippen molar-refractivity contribution in [2.75, 3.05) is 30.8 Å². The number of carbonyl (C=O) groups excluding carboxylic acids is 5. The van der Waals surface area contributed by atoms with E-state index in [0.29, 0.717) is 6.41 Å². The lowest BCUT2D eigenvalue weighted by atomic mass is 10.0. The van der Waals surface area contributed by atoms with Gasteiger partial charge in [0.2, 0.25) is 6.41 Å². The van der Waals surface area contributed by atoms with Gasteiger partial charge in [0, 0.05) is 16.7 Å². The topological polar surface area (TPSA) is 241 Å². The van der Waals surface area contributed by atoms with E-state index in [1.54, 1.807) is 20.8 Å². The first kappa shape index (κ1) is 31.1. The first-order chi connectivity index (χ1) is 19.3. The molecular formula is C22H27N7O10S2. The number of aromatic nitrogens is 1. The molecule has 222 valence electrons. The van der Waals surface area contributed by atoms with Gasteiger partial charge in [0.1, 0.15) is 41.6 Å². The van der Waals surface area contributed by atoms with Crippen LogP contribution in [0.1, 0.15) is 26.5 Å². The number of nitrogens with zero attached hydrogens (tertiary/aromatic N) is 3. The van der Waals surface area contributed by atoms with Gasteiger partial charge in [-0.3, -0.25) is 19.3 Å². The summed E-state index contributed by atoms with van der Waals surface area (Å²) in [7, 11) is 0. The first-order valence-corrected chi connectivity index (χ1v) is 13.7. The monoisotopic (exact) mass is 613 g/mol. The number of hydrogen-bond acceptors (Lipinski definition) is 13. The Kier molecular flexibility index (Phi) is 10.1. The molecule has 2 atom stereocenters. The van der Waals surface area contributed by atoms with Crippen LogP contribution in [0.25, 0.3) is 0 Å². The third kappa shape index (κ3) is 8.07. The first-order valence-electron chi connectivity index (χ1n) is 11.8. The summed E-state index contributed by atoms with van der Waals surface area (Å²) < 4.78 is 9.80. The number of thiazole rings is 1. The SMILES string of the molecule is CC(C)(C)OC(=O)NCCON=C(C(=O)NC1C(=O)N2C(C(=O)O)=C(COC(N)=O)CS[C@@H]12)c1csc(NC=O)n1. The Labute approximate surface area is 240 Å². The number of thioether (sulfide) groups is 1. The van der Waals surface area contributed by atoms with Crippen LogP contribution >= 0.6 is 23.1 Å². The van der Waals surface area contributed by atoms with Crippen molar-refractivity contribution < 1.29 is 48.2 Å². The minimum atomic E-state index is -1.41. The summed E-state index contributed by atoms with van der Waals surface area (Å²) in [5.41, 5.74) is 3.75. The molecule has 6 N–H and O–H groups in total. The molecule has 17 nitrogen and oxygen atoms in total. The van der Waals surface area contributed by atoms with Crippen molar-refractivity contribution >= 4 is 70.3 Å². The number of nitrogens with two attached hydrogens (primary N) is 1. The Bertz CT molecular complexity index is 1290. The number of alkyl carbamates (subject to hydrolysis) is 1. The van der Waals surface area contributed by atoms with Crippen LogP contribution in [0.15, 0.2) is 21.8 Å². The van der Waals surface area contributed by atoms with Crippen molar-refractivity contribution in [1.29, 1.82) is 0 Å². The highest BCUT2D eigenvalue weighted by Crippen LogP contribution is 2.40. The minimum absolute atomic E-state index is 0.0107. The van der Waals surface area contributed by atoms with Gasteiger partial charge in [-0.05, 0) is 20.8 Å². The van der Waals surface area contributed by atoms with E-state index >= 15 is 0 Å². The highest BCUT2D eigenvalue weighted by molar-refractivity contribution is 8.00. The summed E-state index contributed by atoms with van der Waals surface area (Å²) in [6, 6.07) is -1.12. The molecule has 3 rings (SSSR count). The number of carbonyl (C=O) groups is 6. The van der Waals surface area contributed by atoms with Gasteiger partial charge in [-0.1, -0.05) is 5.16 Å². The number of nitrogens with one attached hydrogen (secondary N) is 3. The normalized spacial score (nSPS) is 18.5. The van der Waals surface area contributed by atoms with E-state index in [4.69, 9.17) is 15.3 Å². The number of fused-ring (bicyclic) bond motifs is 1. The lowest BCUT2D eigenvalue weighted by molar-refractivity contribution is -0.150. The average Bonchev–Trinajstić information content (AvgIpc) is 3.34. The molecule has 1 aromatic heterocycles. The van der Waals surface area contributed by atoms with Gasteiger partial charge >= 0.3 is 18.2 Å². The smallest absolute Gasteiger partial charge is 0.407 e. The third-order valence-electron chi connectivity index (χ3n) is 5.09. The van der Waals surface area contributed by atoms with Crippen molar-refractivity contribution in [2.45, 2.75) is 37.8 Å². The van der Waals surface area contributed by atoms with Gasteiger partial charge in [-0.2, -0.15) is 0 Å². The summed E-state index contributed by atoms with van der Waals surface area (Å²) in [5, 5.41) is 21.6. The van der Waals surface area contributed by atoms with Crippen molar-refractivity contribution in [3.63, 3.8) is 0 Å². The number of anilines is 1. The lowest BCUT2D eigenvalue weighted by Crippen LogP contribution is -2.71. The fourth-order valence-electron chi connectivity index (χ4n) is 3.49. The van der Waals surface area contributed by atoms with Crippen molar-refractivity contribution in [3.05, 3.63) is 22.3 Å². The van der Waals surface area contributed by atoms with Gasteiger partial charge < -0.3 is 41.1 Å². The number of rotatable bonds is 12. The Balaban J connectivity index is 1.71. The predicted molar refractivity (Wildman–Crippen MR) is 144 cm³/mol. The van der Waals surface area contributed by atoms with Crippen molar-refractivity contribution in [1.82, 2.24) is 20.5 Å². The summed E-state index contributed by atoms with van der Waals surface area (Å²) in [6.45, 7) is 4.53.